The van der Waals surface area contributed by atoms with Crippen LogP contribution in [0.3, 0.4) is 0 Å². The van der Waals surface area contributed by atoms with Crippen LogP contribution in [0.15, 0.2) is 23.2 Å². The van der Waals surface area contributed by atoms with Crippen LogP contribution in [0.2, 0.25) is 0 Å². The minimum Gasteiger partial charge on any atom is -0.493 e. The Balaban J connectivity index is 0.00000392. The molecule has 8 heteroatoms. The molecule has 0 radical (unpaired) electrons. The Morgan fingerprint density at radius 3 is 2.43 bits per heavy atom. The van der Waals surface area contributed by atoms with E-state index in [4.69, 9.17) is 19.2 Å². The van der Waals surface area contributed by atoms with Gasteiger partial charge in [0, 0.05) is 19.6 Å². The number of hydrogen-bond donors (Lipinski definition) is 1. The number of hydrogen-bond acceptors (Lipinski definition) is 5. The molecule has 1 aromatic rings. The van der Waals surface area contributed by atoms with Crippen LogP contribution in [0, 0.1) is 5.92 Å². The summed E-state index contributed by atoms with van der Waals surface area (Å²) in [6, 6.07) is 5.82. The molecule has 158 valence electrons. The minimum atomic E-state index is -0.0792. The van der Waals surface area contributed by atoms with Crippen LogP contribution in [-0.2, 0) is 16.1 Å². The molecule has 0 amide bonds. The molecule has 1 saturated heterocycles. The zero-order valence-corrected chi connectivity index (χ0v) is 19.5. The fourth-order valence-corrected chi connectivity index (χ4v) is 3.16. The molecule has 0 spiro atoms. The predicted octanol–water partition coefficient (Wildman–Crippen LogP) is 3.06. The predicted molar refractivity (Wildman–Crippen MR) is 121 cm³/mol. The van der Waals surface area contributed by atoms with Crippen LogP contribution in [0.25, 0.3) is 0 Å². The average molecular weight is 505 g/mol. The van der Waals surface area contributed by atoms with E-state index in [0.717, 1.165) is 44.0 Å². The number of piperidine rings is 1. The fourth-order valence-electron chi connectivity index (χ4n) is 3.16. The van der Waals surface area contributed by atoms with Gasteiger partial charge in [-0.1, -0.05) is 6.07 Å². The van der Waals surface area contributed by atoms with E-state index in [0.29, 0.717) is 24.7 Å². The van der Waals surface area contributed by atoms with E-state index in [2.05, 4.69) is 17.1 Å². The van der Waals surface area contributed by atoms with E-state index in [1.165, 1.54) is 0 Å². The van der Waals surface area contributed by atoms with Gasteiger partial charge >= 0.3 is 5.97 Å². The van der Waals surface area contributed by atoms with Crippen molar-refractivity contribution in [2.45, 2.75) is 33.2 Å². The normalized spacial score (nSPS) is 14.9. The van der Waals surface area contributed by atoms with E-state index in [1.807, 2.05) is 25.1 Å². The van der Waals surface area contributed by atoms with Gasteiger partial charge in [-0.3, -0.25) is 4.79 Å². The fraction of sp³-hybridized carbons (Fsp3) is 0.600. The third kappa shape index (κ3) is 6.72. The quantitative estimate of drug-likeness (QED) is 0.266. The Bertz CT molecular complexity index is 646. The lowest BCUT2D eigenvalue weighted by atomic mass is 9.97. The van der Waals surface area contributed by atoms with Crippen molar-refractivity contribution < 1.29 is 19.0 Å². The second kappa shape index (κ2) is 12.7. The molecule has 0 atom stereocenters. The van der Waals surface area contributed by atoms with E-state index >= 15 is 0 Å². The van der Waals surface area contributed by atoms with Crippen LogP contribution in [0.4, 0.5) is 0 Å². The number of likely N-dealkylation sites (tertiary alicyclic amines) is 1. The highest BCUT2D eigenvalue weighted by molar-refractivity contribution is 14.0. The lowest BCUT2D eigenvalue weighted by Gasteiger charge is -2.33. The summed E-state index contributed by atoms with van der Waals surface area (Å²) >= 11 is 0. The van der Waals surface area contributed by atoms with Gasteiger partial charge in [0.15, 0.2) is 17.5 Å². The van der Waals surface area contributed by atoms with Crippen molar-refractivity contribution in [1.82, 2.24) is 10.2 Å². The highest BCUT2D eigenvalue weighted by atomic mass is 127. The third-order valence-corrected chi connectivity index (χ3v) is 4.61. The summed E-state index contributed by atoms with van der Waals surface area (Å²) in [5.74, 6) is 2.19. The molecule has 28 heavy (non-hydrogen) atoms. The summed E-state index contributed by atoms with van der Waals surface area (Å²) in [5, 5.41) is 3.35. The van der Waals surface area contributed by atoms with E-state index in [-0.39, 0.29) is 35.9 Å². The Morgan fingerprint density at radius 2 is 1.86 bits per heavy atom. The molecule has 0 bridgehead atoms. The molecule has 1 fully saturated rings. The van der Waals surface area contributed by atoms with Crippen molar-refractivity contribution >= 4 is 35.9 Å². The SMILES string of the molecule is CCNC(=NCc1ccc(OC)c(OC)c1)N1CCC(C(=O)OCC)CC1.I. The van der Waals surface area contributed by atoms with Crippen molar-refractivity contribution in [1.29, 1.82) is 0 Å². The minimum absolute atomic E-state index is 0. The van der Waals surface area contributed by atoms with Crippen LogP contribution in [-0.4, -0.2) is 57.3 Å². The van der Waals surface area contributed by atoms with Crippen molar-refractivity contribution in [2.24, 2.45) is 10.9 Å². The highest BCUT2D eigenvalue weighted by Gasteiger charge is 2.27. The summed E-state index contributed by atoms with van der Waals surface area (Å²) in [4.78, 5) is 18.9. The number of halogens is 1. The molecule has 1 N–H and O–H groups in total. The number of ether oxygens (including phenoxy) is 3. The van der Waals surface area contributed by atoms with Gasteiger partial charge < -0.3 is 24.4 Å². The zero-order chi connectivity index (χ0) is 19.6. The van der Waals surface area contributed by atoms with Gasteiger partial charge in [0.05, 0.1) is 33.3 Å². The number of rotatable bonds is 7. The number of aliphatic imine (C=N–C) groups is 1. The summed E-state index contributed by atoms with van der Waals surface area (Å²) in [6.07, 6.45) is 1.58. The largest absolute Gasteiger partial charge is 0.493 e. The van der Waals surface area contributed by atoms with Gasteiger partial charge in [-0.15, -0.1) is 24.0 Å². The number of methoxy groups -OCH3 is 2. The Hall–Kier alpha value is -1.71. The molecule has 1 heterocycles. The van der Waals surface area contributed by atoms with E-state index in [9.17, 15) is 4.79 Å². The maximum absolute atomic E-state index is 11.9. The van der Waals surface area contributed by atoms with Gasteiger partial charge in [0.2, 0.25) is 0 Å². The summed E-state index contributed by atoms with van der Waals surface area (Å²) < 4.78 is 15.8. The first-order valence-electron chi connectivity index (χ1n) is 9.53. The monoisotopic (exact) mass is 505 g/mol. The Morgan fingerprint density at radius 1 is 1.18 bits per heavy atom. The molecular weight excluding hydrogens is 473 g/mol. The Labute approximate surface area is 184 Å². The van der Waals surface area contributed by atoms with Crippen molar-refractivity contribution in [3.05, 3.63) is 23.8 Å². The standard InChI is InChI=1S/C20H31N3O4.HI/c1-5-21-20(23-11-9-16(10-12-23)19(24)27-6-2)22-14-15-7-8-17(25-3)18(13-15)26-4;/h7-8,13,16H,5-6,9-12,14H2,1-4H3,(H,21,22);1H. The van der Waals surface area contributed by atoms with Crippen molar-refractivity contribution in [2.75, 3.05) is 40.5 Å². The highest BCUT2D eigenvalue weighted by Crippen LogP contribution is 2.28. The van der Waals surface area contributed by atoms with Gasteiger partial charge in [-0.2, -0.15) is 0 Å². The van der Waals surface area contributed by atoms with Crippen LogP contribution in [0.1, 0.15) is 32.3 Å². The van der Waals surface area contributed by atoms with Crippen LogP contribution < -0.4 is 14.8 Å². The van der Waals surface area contributed by atoms with E-state index < -0.39 is 0 Å². The van der Waals surface area contributed by atoms with Crippen molar-refractivity contribution in [3.63, 3.8) is 0 Å². The molecule has 1 aliphatic rings. The van der Waals surface area contributed by atoms with Crippen LogP contribution >= 0.6 is 24.0 Å². The molecule has 7 nitrogen and oxygen atoms in total. The summed E-state index contributed by atoms with van der Waals surface area (Å²) in [6.45, 7) is 7.26. The number of guanidine groups is 1. The van der Waals surface area contributed by atoms with Gasteiger partial charge in [-0.05, 0) is 44.4 Å². The topological polar surface area (TPSA) is 72.4 Å². The maximum Gasteiger partial charge on any atom is 0.309 e. The molecule has 0 saturated carbocycles. The number of esters is 1. The molecule has 2 rings (SSSR count). The van der Waals surface area contributed by atoms with Crippen LogP contribution in [0.5, 0.6) is 11.5 Å². The number of carbonyl (C=O) groups excluding carboxylic acids is 1. The molecule has 0 aromatic heterocycles. The summed E-state index contributed by atoms with van der Waals surface area (Å²) in [7, 11) is 3.25. The molecular formula is C20H32IN3O4. The first kappa shape index (κ1) is 24.3. The molecule has 0 unspecified atom stereocenters. The molecule has 1 aromatic carbocycles. The van der Waals surface area contributed by atoms with E-state index in [1.54, 1.807) is 14.2 Å². The second-order valence-corrected chi connectivity index (χ2v) is 6.37. The molecule has 0 aliphatic carbocycles. The number of nitrogens with zero attached hydrogens (tertiary/aromatic N) is 2. The second-order valence-electron chi connectivity index (χ2n) is 6.37. The van der Waals surface area contributed by atoms with Gasteiger partial charge in [-0.25, -0.2) is 4.99 Å². The number of nitrogens with one attached hydrogen (secondary N) is 1. The molecule has 1 aliphatic heterocycles. The zero-order valence-electron chi connectivity index (χ0n) is 17.2. The summed E-state index contributed by atoms with van der Waals surface area (Å²) in [5.41, 5.74) is 1.05. The van der Waals surface area contributed by atoms with Crippen molar-refractivity contribution in [3.8, 4) is 11.5 Å². The maximum atomic E-state index is 11.9. The average Bonchev–Trinajstić information content (AvgIpc) is 2.71. The van der Waals surface area contributed by atoms with Gasteiger partial charge in [0.1, 0.15) is 0 Å². The smallest absolute Gasteiger partial charge is 0.309 e. The third-order valence-electron chi connectivity index (χ3n) is 4.61. The first-order valence-corrected chi connectivity index (χ1v) is 9.53. The lowest BCUT2D eigenvalue weighted by Crippen LogP contribution is -2.46. The first-order chi connectivity index (χ1) is 13.1. The number of benzene rings is 1. The Kier molecular flexibility index (Phi) is 11.0. The van der Waals surface area contributed by atoms with Gasteiger partial charge in [0.25, 0.3) is 0 Å². The lowest BCUT2D eigenvalue weighted by molar-refractivity contribution is -0.149. The number of carbonyl (C=O) groups is 1.